The molecular formula is C9H12Br2N4. The highest BCUT2D eigenvalue weighted by molar-refractivity contribution is 9.11. The molecule has 3 N–H and O–H groups in total. The first kappa shape index (κ1) is 12.4. The summed E-state index contributed by atoms with van der Waals surface area (Å²) in [6.45, 7) is 0.683. The lowest BCUT2D eigenvalue weighted by Gasteiger charge is -2.18. The molecule has 0 bridgehead atoms. The summed E-state index contributed by atoms with van der Waals surface area (Å²) >= 11 is 6.78. The summed E-state index contributed by atoms with van der Waals surface area (Å²) in [7, 11) is 1.92. The fraction of sp³-hybridized carbons (Fsp3) is 0.333. The third-order valence-electron chi connectivity index (χ3n) is 1.87. The Morgan fingerprint density at radius 2 is 2.27 bits per heavy atom. The summed E-state index contributed by atoms with van der Waals surface area (Å²) in [6.07, 6.45) is 2.28. The van der Waals surface area contributed by atoms with E-state index in [9.17, 15) is 0 Å². The topological polar surface area (TPSA) is 66.0 Å². The van der Waals surface area contributed by atoms with Crippen molar-refractivity contribution in [2.45, 2.75) is 6.42 Å². The summed E-state index contributed by atoms with van der Waals surface area (Å²) in [4.78, 5) is 6.23. The minimum atomic E-state index is 0.190. The van der Waals surface area contributed by atoms with Crippen LogP contribution in [0, 0.1) is 5.41 Å². The van der Waals surface area contributed by atoms with Gasteiger partial charge in [0.15, 0.2) is 0 Å². The molecule has 0 spiro atoms. The lowest BCUT2D eigenvalue weighted by atomic mass is 10.3. The van der Waals surface area contributed by atoms with Crippen molar-refractivity contribution in [1.29, 1.82) is 5.41 Å². The number of hydrogen-bond acceptors (Lipinski definition) is 3. The Hall–Kier alpha value is -0.620. The molecule has 0 atom stereocenters. The largest absolute Gasteiger partial charge is 0.388 e. The Morgan fingerprint density at radius 3 is 2.80 bits per heavy atom. The smallest absolute Gasteiger partial charge is 0.142 e. The summed E-state index contributed by atoms with van der Waals surface area (Å²) in [5, 5.41) is 7.15. The summed E-state index contributed by atoms with van der Waals surface area (Å²) in [6, 6.07) is 1.94. The van der Waals surface area contributed by atoms with Gasteiger partial charge in [-0.2, -0.15) is 0 Å². The molecule has 0 amide bonds. The van der Waals surface area contributed by atoms with Crippen LogP contribution in [0.5, 0.6) is 0 Å². The molecule has 1 rings (SSSR count). The van der Waals surface area contributed by atoms with Crippen LogP contribution in [-0.2, 0) is 0 Å². The second kappa shape index (κ2) is 5.46. The molecule has 82 valence electrons. The SMILES string of the molecule is CN(CCC(=N)N)c1ncc(Br)cc1Br. The summed E-state index contributed by atoms with van der Waals surface area (Å²) in [5.74, 6) is 1.04. The van der Waals surface area contributed by atoms with E-state index in [4.69, 9.17) is 11.1 Å². The van der Waals surface area contributed by atoms with Gasteiger partial charge in [0, 0.05) is 30.7 Å². The maximum absolute atomic E-state index is 7.15. The van der Waals surface area contributed by atoms with Gasteiger partial charge < -0.3 is 10.6 Å². The first-order valence-corrected chi connectivity index (χ1v) is 5.94. The zero-order chi connectivity index (χ0) is 11.4. The van der Waals surface area contributed by atoms with E-state index >= 15 is 0 Å². The first-order chi connectivity index (χ1) is 7.00. The predicted molar refractivity (Wildman–Crippen MR) is 69.4 cm³/mol. The third kappa shape index (κ3) is 3.79. The van der Waals surface area contributed by atoms with E-state index in [2.05, 4.69) is 36.8 Å². The molecule has 6 heteroatoms. The Labute approximate surface area is 106 Å². The van der Waals surface area contributed by atoms with Crippen molar-refractivity contribution in [2.75, 3.05) is 18.5 Å². The Balaban J connectivity index is 2.73. The van der Waals surface area contributed by atoms with Crippen LogP contribution in [0.1, 0.15) is 6.42 Å². The van der Waals surface area contributed by atoms with Crippen molar-refractivity contribution in [1.82, 2.24) is 4.98 Å². The number of anilines is 1. The first-order valence-electron chi connectivity index (χ1n) is 4.36. The normalized spacial score (nSPS) is 10.1. The second-order valence-electron chi connectivity index (χ2n) is 3.16. The van der Waals surface area contributed by atoms with Crippen LogP contribution in [0.3, 0.4) is 0 Å². The molecular weight excluding hydrogens is 324 g/mol. The number of pyridine rings is 1. The zero-order valence-electron chi connectivity index (χ0n) is 8.30. The van der Waals surface area contributed by atoms with Gasteiger partial charge in [-0.3, -0.25) is 5.41 Å². The molecule has 1 heterocycles. The second-order valence-corrected chi connectivity index (χ2v) is 4.93. The van der Waals surface area contributed by atoms with Crippen LogP contribution in [0.25, 0.3) is 0 Å². The van der Waals surface area contributed by atoms with Gasteiger partial charge in [-0.15, -0.1) is 0 Å². The van der Waals surface area contributed by atoms with Gasteiger partial charge in [0.1, 0.15) is 5.82 Å². The van der Waals surface area contributed by atoms with Crippen molar-refractivity contribution in [3.63, 3.8) is 0 Å². The lowest BCUT2D eigenvalue weighted by Crippen LogP contribution is -2.24. The van der Waals surface area contributed by atoms with Crippen molar-refractivity contribution in [3.05, 3.63) is 21.2 Å². The van der Waals surface area contributed by atoms with Crippen LogP contribution < -0.4 is 10.6 Å². The van der Waals surface area contributed by atoms with Gasteiger partial charge >= 0.3 is 0 Å². The van der Waals surface area contributed by atoms with Gasteiger partial charge in [0.25, 0.3) is 0 Å². The molecule has 1 aromatic rings. The highest BCUT2D eigenvalue weighted by Crippen LogP contribution is 2.25. The summed E-state index contributed by atoms with van der Waals surface area (Å²) in [5.41, 5.74) is 5.30. The van der Waals surface area contributed by atoms with Crippen LogP contribution in [-0.4, -0.2) is 24.4 Å². The van der Waals surface area contributed by atoms with E-state index in [0.29, 0.717) is 13.0 Å². The van der Waals surface area contributed by atoms with Crippen molar-refractivity contribution in [3.8, 4) is 0 Å². The number of aromatic nitrogens is 1. The van der Waals surface area contributed by atoms with Crippen molar-refractivity contribution < 1.29 is 0 Å². The number of nitrogens with zero attached hydrogens (tertiary/aromatic N) is 2. The fourth-order valence-corrected chi connectivity index (χ4v) is 2.37. The molecule has 0 aliphatic heterocycles. The Bertz CT molecular complexity index is 367. The van der Waals surface area contributed by atoms with Gasteiger partial charge in [-0.25, -0.2) is 4.98 Å². The third-order valence-corrected chi connectivity index (χ3v) is 2.88. The maximum Gasteiger partial charge on any atom is 0.142 e. The predicted octanol–water partition coefficient (Wildman–Crippen LogP) is 2.37. The van der Waals surface area contributed by atoms with Gasteiger partial charge in [-0.05, 0) is 37.9 Å². The number of amidine groups is 1. The molecule has 1 aromatic heterocycles. The number of rotatable bonds is 4. The molecule has 15 heavy (non-hydrogen) atoms. The molecule has 0 saturated carbocycles. The molecule has 0 fully saturated rings. The van der Waals surface area contributed by atoms with E-state index in [0.717, 1.165) is 14.8 Å². The summed E-state index contributed by atoms with van der Waals surface area (Å²) < 4.78 is 1.85. The monoisotopic (exact) mass is 334 g/mol. The van der Waals surface area contributed by atoms with E-state index in [-0.39, 0.29) is 5.84 Å². The van der Waals surface area contributed by atoms with Crippen LogP contribution in [0.4, 0.5) is 5.82 Å². The number of nitrogens with two attached hydrogens (primary N) is 1. The average molecular weight is 336 g/mol. The Morgan fingerprint density at radius 1 is 1.60 bits per heavy atom. The molecule has 0 unspecified atom stereocenters. The van der Waals surface area contributed by atoms with E-state index < -0.39 is 0 Å². The van der Waals surface area contributed by atoms with Gasteiger partial charge in [0.05, 0.1) is 10.3 Å². The lowest BCUT2D eigenvalue weighted by molar-refractivity contribution is 0.886. The highest BCUT2D eigenvalue weighted by atomic mass is 79.9. The highest BCUT2D eigenvalue weighted by Gasteiger charge is 2.07. The number of halogens is 2. The van der Waals surface area contributed by atoms with Gasteiger partial charge in [-0.1, -0.05) is 0 Å². The van der Waals surface area contributed by atoms with Gasteiger partial charge in [0.2, 0.25) is 0 Å². The van der Waals surface area contributed by atoms with Crippen LogP contribution in [0.15, 0.2) is 21.2 Å². The molecule has 0 aromatic carbocycles. The standard InChI is InChI=1S/C9H12Br2N4/c1-15(3-2-8(12)13)9-7(11)4-6(10)5-14-9/h4-5H,2-3H2,1H3,(H3,12,13). The fourth-order valence-electron chi connectivity index (χ4n) is 1.08. The van der Waals surface area contributed by atoms with E-state index in [1.807, 2.05) is 18.0 Å². The van der Waals surface area contributed by atoms with Crippen molar-refractivity contribution >= 4 is 43.5 Å². The molecule has 0 aliphatic rings. The zero-order valence-corrected chi connectivity index (χ0v) is 11.5. The van der Waals surface area contributed by atoms with E-state index in [1.165, 1.54) is 0 Å². The molecule has 0 radical (unpaired) electrons. The maximum atomic E-state index is 7.15. The molecule has 4 nitrogen and oxygen atoms in total. The number of nitrogens with one attached hydrogen (secondary N) is 1. The van der Waals surface area contributed by atoms with Crippen LogP contribution in [0.2, 0.25) is 0 Å². The molecule has 0 aliphatic carbocycles. The van der Waals surface area contributed by atoms with Crippen molar-refractivity contribution in [2.24, 2.45) is 5.73 Å². The minimum absolute atomic E-state index is 0.190. The van der Waals surface area contributed by atoms with Crippen LogP contribution >= 0.6 is 31.9 Å². The minimum Gasteiger partial charge on any atom is -0.388 e. The quantitative estimate of drug-likeness (QED) is 0.655. The Kier molecular flexibility index (Phi) is 4.53. The number of hydrogen-bond donors (Lipinski definition) is 2. The average Bonchev–Trinajstić information content (AvgIpc) is 2.14. The molecule has 0 saturated heterocycles. The van der Waals surface area contributed by atoms with E-state index in [1.54, 1.807) is 6.20 Å².